The molecule has 1 unspecified atom stereocenters. The van der Waals surface area contributed by atoms with E-state index in [0.717, 1.165) is 0 Å². The van der Waals surface area contributed by atoms with Crippen LogP contribution in [0.15, 0.2) is 34.8 Å². The highest BCUT2D eigenvalue weighted by Gasteiger charge is 2.22. The smallest absolute Gasteiger partial charge is 0.148 e. The maximum absolute atomic E-state index is 14.3. The minimum absolute atomic E-state index is 0.0131. The summed E-state index contributed by atoms with van der Waals surface area (Å²) < 4.78 is 14.8. The third-order valence-corrected chi connectivity index (χ3v) is 4.93. The number of hydrogen-bond acceptors (Lipinski definition) is 2. The summed E-state index contributed by atoms with van der Waals surface area (Å²) in [5, 5.41) is 0.671. The van der Waals surface area contributed by atoms with Gasteiger partial charge in [-0.2, -0.15) is 0 Å². The van der Waals surface area contributed by atoms with Crippen LogP contribution in [0.3, 0.4) is 0 Å². The van der Waals surface area contributed by atoms with Crippen molar-refractivity contribution in [1.29, 1.82) is 0 Å². The molecule has 3 N–H and O–H groups in total. The fourth-order valence-corrected chi connectivity index (χ4v) is 2.75. The van der Waals surface area contributed by atoms with Crippen LogP contribution in [0.2, 0.25) is 15.1 Å². The molecule has 0 saturated heterocycles. The first kappa shape index (κ1) is 16.0. The Bertz CT molecular complexity index is 652. The van der Waals surface area contributed by atoms with Crippen LogP contribution in [-0.2, 0) is 0 Å². The Morgan fingerprint density at radius 3 is 2.40 bits per heavy atom. The molecule has 0 aliphatic heterocycles. The lowest BCUT2D eigenvalue weighted by molar-refractivity contribution is 0.560. The molecule has 0 saturated carbocycles. The summed E-state index contributed by atoms with van der Waals surface area (Å²) in [6.07, 6.45) is 0. The quantitative estimate of drug-likeness (QED) is 0.429. The molecule has 7 heteroatoms. The molecule has 0 fully saturated rings. The normalized spacial score (nSPS) is 12.5. The second-order valence-corrected chi connectivity index (χ2v) is 6.02. The van der Waals surface area contributed by atoms with Crippen molar-refractivity contribution in [1.82, 2.24) is 5.43 Å². The van der Waals surface area contributed by atoms with Crippen molar-refractivity contribution in [3.05, 3.63) is 66.8 Å². The summed E-state index contributed by atoms with van der Waals surface area (Å²) in [4.78, 5) is 0. The van der Waals surface area contributed by atoms with Gasteiger partial charge in [0.15, 0.2) is 0 Å². The van der Waals surface area contributed by atoms with Crippen molar-refractivity contribution in [3.8, 4) is 0 Å². The van der Waals surface area contributed by atoms with E-state index >= 15 is 0 Å². The molecule has 0 bridgehead atoms. The standard InChI is InChI=1S/C13H9BrCl3FN2/c14-8-5-4-7(12(18)11(8)17)13(20-19)6-2-1-3-9(15)10(6)16/h1-5,13,20H,19H2. The van der Waals surface area contributed by atoms with Crippen LogP contribution in [0, 0.1) is 5.82 Å². The third-order valence-electron chi connectivity index (χ3n) is 2.84. The van der Waals surface area contributed by atoms with Crippen molar-refractivity contribution in [2.24, 2.45) is 5.84 Å². The predicted molar refractivity (Wildman–Crippen MR) is 84.7 cm³/mol. The predicted octanol–water partition coefficient (Wildman–Crippen LogP) is 5.10. The number of rotatable bonds is 3. The fourth-order valence-electron chi connectivity index (χ4n) is 1.85. The Balaban J connectivity index is 2.59. The minimum atomic E-state index is -0.660. The third kappa shape index (κ3) is 2.96. The van der Waals surface area contributed by atoms with E-state index in [1.54, 1.807) is 30.3 Å². The molecule has 2 rings (SSSR count). The van der Waals surface area contributed by atoms with Gasteiger partial charge in [0.25, 0.3) is 0 Å². The number of hydrazine groups is 1. The van der Waals surface area contributed by atoms with Gasteiger partial charge in [0.2, 0.25) is 0 Å². The molecule has 0 radical (unpaired) electrons. The lowest BCUT2D eigenvalue weighted by Crippen LogP contribution is -2.29. The van der Waals surface area contributed by atoms with Gasteiger partial charge in [-0.1, -0.05) is 53.0 Å². The van der Waals surface area contributed by atoms with Gasteiger partial charge in [-0.3, -0.25) is 5.84 Å². The first-order chi connectivity index (χ1) is 9.47. The molecule has 0 spiro atoms. The fraction of sp³-hybridized carbons (Fsp3) is 0.0769. The second-order valence-electron chi connectivity index (χ2n) is 4.01. The maximum Gasteiger partial charge on any atom is 0.148 e. The molecule has 0 aliphatic carbocycles. The van der Waals surface area contributed by atoms with E-state index in [-0.39, 0.29) is 10.6 Å². The minimum Gasteiger partial charge on any atom is -0.271 e. The Kier molecular flexibility index (Phi) is 5.29. The summed E-state index contributed by atoms with van der Waals surface area (Å²) in [5.41, 5.74) is 3.38. The van der Waals surface area contributed by atoms with Crippen LogP contribution in [0.1, 0.15) is 17.2 Å². The van der Waals surface area contributed by atoms with E-state index in [1.165, 1.54) is 0 Å². The van der Waals surface area contributed by atoms with Crippen molar-refractivity contribution >= 4 is 50.7 Å². The molecule has 2 nitrogen and oxygen atoms in total. The maximum atomic E-state index is 14.3. The number of hydrogen-bond donors (Lipinski definition) is 2. The van der Waals surface area contributed by atoms with Crippen molar-refractivity contribution in [2.75, 3.05) is 0 Å². The second kappa shape index (κ2) is 6.60. The average molecular weight is 398 g/mol. The van der Waals surface area contributed by atoms with Gasteiger partial charge in [-0.25, -0.2) is 9.82 Å². The summed E-state index contributed by atoms with van der Waals surface area (Å²) in [6, 6.07) is 7.63. The molecular formula is C13H9BrCl3FN2. The van der Waals surface area contributed by atoms with Gasteiger partial charge in [0.1, 0.15) is 5.82 Å². The van der Waals surface area contributed by atoms with Crippen molar-refractivity contribution < 1.29 is 4.39 Å². The molecule has 20 heavy (non-hydrogen) atoms. The van der Waals surface area contributed by atoms with Crippen molar-refractivity contribution in [3.63, 3.8) is 0 Å². The van der Waals surface area contributed by atoms with Crippen LogP contribution in [-0.4, -0.2) is 0 Å². The molecular weight excluding hydrogens is 389 g/mol. The SMILES string of the molecule is NNC(c1ccc(Br)c(Cl)c1F)c1cccc(Cl)c1Cl. The average Bonchev–Trinajstić information content (AvgIpc) is 2.44. The van der Waals surface area contributed by atoms with Gasteiger partial charge in [-0.15, -0.1) is 0 Å². The topological polar surface area (TPSA) is 38.0 Å². The zero-order valence-corrected chi connectivity index (χ0v) is 13.8. The van der Waals surface area contributed by atoms with Crippen LogP contribution >= 0.6 is 50.7 Å². The molecule has 0 amide bonds. The van der Waals surface area contributed by atoms with Gasteiger partial charge in [-0.05, 0) is 33.6 Å². The Hall–Kier alpha value is -0.360. The van der Waals surface area contributed by atoms with Crippen LogP contribution in [0.5, 0.6) is 0 Å². The lowest BCUT2D eigenvalue weighted by Gasteiger charge is -2.20. The lowest BCUT2D eigenvalue weighted by atomic mass is 9.98. The molecule has 0 aromatic heterocycles. The Morgan fingerprint density at radius 2 is 1.75 bits per heavy atom. The first-order valence-corrected chi connectivity index (χ1v) is 7.43. The van der Waals surface area contributed by atoms with Gasteiger partial charge in [0.05, 0.1) is 21.1 Å². The van der Waals surface area contributed by atoms with Crippen LogP contribution in [0.25, 0.3) is 0 Å². The van der Waals surface area contributed by atoms with E-state index in [1.807, 2.05) is 0 Å². The summed E-state index contributed by atoms with van der Waals surface area (Å²) >= 11 is 21.2. The molecule has 2 aromatic rings. The Morgan fingerprint density at radius 1 is 1.05 bits per heavy atom. The molecule has 0 aliphatic rings. The van der Waals surface area contributed by atoms with Gasteiger partial charge < -0.3 is 0 Å². The number of nitrogens with one attached hydrogen (secondary N) is 1. The Labute approximate surface area is 139 Å². The van der Waals surface area contributed by atoms with E-state index < -0.39 is 11.9 Å². The number of halogens is 5. The highest BCUT2D eigenvalue weighted by molar-refractivity contribution is 9.10. The van der Waals surface area contributed by atoms with Crippen LogP contribution < -0.4 is 11.3 Å². The highest BCUT2D eigenvalue weighted by Crippen LogP contribution is 2.36. The van der Waals surface area contributed by atoms with Gasteiger partial charge in [0, 0.05) is 10.0 Å². The van der Waals surface area contributed by atoms with E-state index in [2.05, 4.69) is 21.4 Å². The van der Waals surface area contributed by atoms with E-state index in [4.69, 9.17) is 40.6 Å². The van der Waals surface area contributed by atoms with Crippen LogP contribution in [0.4, 0.5) is 4.39 Å². The monoisotopic (exact) mass is 396 g/mol. The van der Waals surface area contributed by atoms with E-state index in [9.17, 15) is 4.39 Å². The van der Waals surface area contributed by atoms with E-state index in [0.29, 0.717) is 20.1 Å². The number of nitrogens with two attached hydrogens (primary N) is 1. The number of benzene rings is 2. The zero-order chi connectivity index (χ0) is 14.9. The zero-order valence-electron chi connectivity index (χ0n) is 9.93. The van der Waals surface area contributed by atoms with Crippen molar-refractivity contribution in [2.45, 2.75) is 6.04 Å². The van der Waals surface area contributed by atoms with Gasteiger partial charge >= 0.3 is 0 Å². The molecule has 106 valence electrons. The summed E-state index contributed by atoms with van der Waals surface area (Å²) in [5.74, 6) is 4.97. The molecule has 2 aromatic carbocycles. The largest absolute Gasteiger partial charge is 0.271 e. The summed E-state index contributed by atoms with van der Waals surface area (Å²) in [6.45, 7) is 0. The molecule has 0 heterocycles. The highest BCUT2D eigenvalue weighted by atomic mass is 79.9. The molecule has 1 atom stereocenters. The first-order valence-electron chi connectivity index (χ1n) is 5.50. The summed E-state index contributed by atoms with van der Waals surface area (Å²) in [7, 11) is 0.